The summed E-state index contributed by atoms with van der Waals surface area (Å²) < 4.78 is 16.8. The number of hydrogen-bond donors (Lipinski definition) is 1. The van der Waals surface area contributed by atoms with Gasteiger partial charge >= 0.3 is 0 Å². The van der Waals surface area contributed by atoms with E-state index in [9.17, 15) is 0 Å². The Morgan fingerprint density at radius 3 is 2.66 bits per heavy atom. The van der Waals surface area contributed by atoms with Crippen LogP contribution in [0.3, 0.4) is 0 Å². The number of piperazine rings is 1. The molecule has 0 spiro atoms. The van der Waals surface area contributed by atoms with Crippen molar-refractivity contribution in [1.29, 1.82) is 0 Å². The third-order valence-corrected chi connectivity index (χ3v) is 5.43. The topological polar surface area (TPSA) is 58.6 Å². The zero-order valence-corrected chi connectivity index (χ0v) is 17.9. The van der Waals surface area contributed by atoms with Gasteiger partial charge in [-0.2, -0.15) is 0 Å². The number of benzene rings is 1. The summed E-state index contributed by atoms with van der Waals surface area (Å²) in [7, 11) is 1.73. The van der Waals surface area contributed by atoms with Gasteiger partial charge in [0.2, 0.25) is 0 Å². The molecule has 1 aromatic carbocycles. The molecule has 2 fully saturated rings. The van der Waals surface area contributed by atoms with E-state index in [1.807, 2.05) is 12.1 Å². The Hall–Kier alpha value is -1.99. The van der Waals surface area contributed by atoms with Gasteiger partial charge in [0.1, 0.15) is 5.75 Å². The SMILES string of the molecule is CCNC(=NCCCOC1CCOCC1)N1CCN(c2ccccc2OC)CC1. The summed E-state index contributed by atoms with van der Waals surface area (Å²) in [6.45, 7) is 10.0. The molecule has 162 valence electrons. The van der Waals surface area contributed by atoms with Gasteiger partial charge in [0, 0.05) is 59.1 Å². The first-order valence-corrected chi connectivity index (χ1v) is 10.9. The van der Waals surface area contributed by atoms with Crippen LogP contribution in [0, 0.1) is 0 Å². The molecular weight excluding hydrogens is 368 g/mol. The number of para-hydroxylation sites is 2. The quantitative estimate of drug-likeness (QED) is 0.408. The number of nitrogens with one attached hydrogen (secondary N) is 1. The zero-order chi connectivity index (χ0) is 20.3. The average Bonchev–Trinajstić information content (AvgIpc) is 2.79. The number of anilines is 1. The molecule has 0 aliphatic carbocycles. The van der Waals surface area contributed by atoms with Crippen molar-refractivity contribution in [2.75, 3.05) is 71.1 Å². The molecule has 0 radical (unpaired) electrons. The summed E-state index contributed by atoms with van der Waals surface area (Å²) in [5, 5.41) is 3.45. The van der Waals surface area contributed by atoms with Gasteiger partial charge in [-0.3, -0.25) is 4.99 Å². The number of aliphatic imine (C=N–C) groups is 1. The number of guanidine groups is 1. The predicted octanol–water partition coefficient (Wildman–Crippen LogP) is 2.37. The molecule has 3 rings (SSSR count). The first-order chi connectivity index (χ1) is 14.3. The molecule has 0 unspecified atom stereocenters. The van der Waals surface area contributed by atoms with Gasteiger partial charge in [-0.05, 0) is 38.3 Å². The minimum atomic E-state index is 0.365. The van der Waals surface area contributed by atoms with Crippen molar-refractivity contribution >= 4 is 11.6 Å². The van der Waals surface area contributed by atoms with E-state index in [1.165, 1.54) is 5.69 Å². The van der Waals surface area contributed by atoms with Crippen LogP contribution in [0.4, 0.5) is 5.69 Å². The van der Waals surface area contributed by atoms with Crippen LogP contribution in [0.1, 0.15) is 26.2 Å². The third kappa shape index (κ3) is 6.51. The average molecular weight is 405 g/mol. The second-order valence-electron chi connectivity index (χ2n) is 7.42. The lowest BCUT2D eigenvalue weighted by Gasteiger charge is -2.38. The largest absolute Gasteiger partial charge is 0.495 e. The molecule has 1 aromatic rings. The van der Waals surface area contributed by atoms with Crippen LogP contribution >= 0.6 is 0 Å². The second-order valence-corrected chi connectivity index (χ2v) is 7.42. The Morgan fingerprint density at radius 2 is 1.93 bits per heavy atom. The molecule has 0 atom stereocenters. The molecule has 0 aromatic heterocycles. The Labute approximate surface area is 175 Å². The molecule has 7 heteroatoms. The molecule has 29 heavy (non-hydrogen) atoms. The predicted molar refractivity (Wildman–Crippen MR) is 117 cm³/mol. The number of nitrogens with zero attached hydrogens (tertiary/aromatic N) is 3. The summed E-state index contributed by atoms with van der Waals surface area (Å²) in [5.74, 6) is 1.95. The Balaban J connectivity index is 1.45. The minimum Gasteiger partial charge on any atom is -0.495 e. The number of rotatable bonds is 8. The third-order valence-electron chi connectivity index (χ3n) is 5.43. The molecule has 7 nitrogen and oxygen atoms in total. The van der Waals surface area contributed by atoms with Gasteiger partial charge < -0.3 is 29.3 Å². The number of hydrogen-bond acceptors (Lipinski definition) is 5. The van der Waals surface area contributed by atoms with E-state index in [0.29, 0.717) is 6.10 Å². The van der Waals surface area contributed by atoms with E-state index < -0.39 is 0 Å². The van der Waals surface area contributed by atoms with Crippen LogP contribution in [0.25, 0.3) is 0 Å². The van der Waals surface area contributed by atoms with Crippen LogP contribution in [0.2, 0.25) is 0 Å². The molecule has 2 aliphatic heterocycles. The van der Waals surface area contributed by atoms with Crippen LogP contribution in [-0.2, 0) is 9.47 Å². The molecule has 0 amide bonds. The highest BCUT2D eigenvalue weighted by Gasteiger charge is 2.21. The second kappa shape index (κ2) is 11.9. The maximum absolute atomic E-state index is 5.95. The number of methoxy groups -OCH3 is 1. The molecule has 2 aliphatic rings. The molecular formula is C22H36N4O3. The van der Waals surface area contributed by atoms with Crippen molar-refractivity contribution in [3.05, 3.63) is 24.3 Å². The Kier molecular flexibility index (Phi) is 8.89. The normalized spacial score (nSPS) is 18.8. The van der Waals surface area contributed by atoms with E-state index in [0.717, 1.165) is 90.1 Å². The van der Waals surface area contributed by atoms with E-state index in [1.54, 1.807) is 7.11 Å². The Morgan fingerprint density at radius 1 is 1.17 bits per heavy atom. The fourth-order valence-electron chi connectivity index (χ4n) is 3.82. The summed E-state index contributed by atoms with van der Waals surface area (Å²) in [6.07, 6.45) is 3.35. The highest BCUT2D eigenvalue weighted by molar-refractivity contribution is 5.80. The summed E-state index contributed by atoms with van der Waals surface area (Å²) in [6, 6.07) is 8.24. The van der Waals surface area contributed by atoms with Crippen LogP contribution in [0.5, 0.6) is 5.75 Å². The van der Waals surface area contributed by atoms with Gasteiger partial charge in [-0.15, -0.1) is 0 Å². The van der Waals surface area contributed by atoms with Crippen molar-refractivity contribution in [2.24, 2.45) is 4.99 Å². The summed E-state index contributed by atoms with van der Waals surface area (Å²) in [4.78, 5) is 9.58. The van der Waals surface area contributed by atoms with Crippen molar-refractivity contribution in [3.63, 3.8) is 0 Å². The number of ether oxygens (including phenoxy) is 3. The van der Waals surface area contributed by atoms with E-state index in [2.05, 4.69) is 34.2 Å². The lowest BCUT2D eigenvalue weighted by molar-refractivity contribution is -0.0318. The van der Waals surface area contributed by atoms with Crippen LogP contribution in [0.15, 0.2) is 29.3 Å². The molecule has 0 bridgehead atoms. The van der Waals surface area contributed by atoms with E-state index in [-0.39, 0.29) is 0 Å². The summed E-state index contributed by atoms with van der Waals surface area (Å²) >= 11 is 0. The van der Waals surface area contributed by atoms with Gasteiger partial charge in [0.05, 0.1) is 18.9 Å². The smallest absolute Gasteiger partial charge is 0.194 e. The van der Waals surface area contributed by atoms with Gasteiger partial charge in [0.15, 0.2) is 5.96 Å². The van der Waals surface area contributed by atoms with E-state index >= 15 is 0 Å². The fraction of sp³-hybridized carbons (Fsp3) is 0.682. The lowest BCUT2D eigenvalue weighted by Crippen LogP contribution is -2.52. The van der Waals surface area contributed by atoms with Gasteiger partial charge in [0.25, 0.3) is 0 Å². The Bertz CT molecular complexity index is 626. The van der Waals surface area contributed by atoms with Crippen LogP contribution in [-0.4, -0.2) is 83.2 Å². The minimum absolute atomic E-state index is 0.365. The monoisotopic (exact) mass is 404 g/mol. The molecule has 1 N–H and O–H groups in total. The van der Waals surface area contributed by atoms with Crippen LogP contribution < -0.4 is 15.0 Å². The van der Waals surface area contributed by atoms with Crippen molar-refractivity contribution in [3.8, 4) is 5.75 Å². The van der Waals surface area contributed by atoms with E-state index in [4.69, 9.17) is 19.2 Å². The van der Waals surface area contributed by atoms with Crippen molar-refractivity contribution in [1.82, 2.24) is 10.2 Å². The molecule has 0 saturated carbocycles. The van der Waals surface area contributed by atoms with Gasteiger partial charge in [-0.1, -0.05) is 12.1 Å². The van der Waals surface area contributed by atoms with Crippen molar-refractivity contribution in [2.45, 2.75) is 32.3 Å². The maximum atomic E-state index is 5.95. The molecule has 2 saturated heterocycles. The zero-order valence-electron chi connectivity index (χ0n) is 17.9. The maximum Gasteiger partial charge on any atom is 0.194 e. The standard InChI is InChI=1S/C22H36N4O3/c1-3-23-22(24-11-6-16-29-19-9-17-28-18-10-19)26-14-12-25(13-15-26)20-7-4-5-8-21(20)27-2/h4-5,7-8,19H,3,6,9-18H2,1-2H3,(H,23,24). The molecule has 2 heterocycles. The lowest BCUT2D eigenvalue weighted by atomic mass is 10.1. The first kappa shape index (κ1) is 21.7. The first-order valence-electron chi connectivity index (χ1n) is 10.9. The highest BCUT2D eigenvalue weighted by Crippen LogP contribution is 2.28. The van der Waals surface area contributed by atoms with Gasteiger partial charge in [-0.25, -0.2) is 0 Å². The summed E-state index contributed by atoms with van der Waals surface area (Å²) in [5.41, 5.74) is 1.17. The van der Waals surface area contributed by atoms with Crippen molar-refractivity contribution < 1.29 is 14.2 Å². The fourth-order valence-corrected chi connectivity index (χ4v) is 3.82. The highest BCUT2D eigenvalue weighted by atomic mass is 16.5.